The van der Waals surface area contributed by atoms with Crippen LogP contribution in [-0.4, -0.2) is 66.6 Å². The molecule has 2 N–H and O–H groups in total. The monoisotopic (exact) mass is 508 g/mol. The number of rotatable bonds is 5. The highest BCUT2D eigenvalue weighted by Crippen LogP contribution is 2.26. The lowest BCUT2D eigenvalue weighted by atomic mass is 10.1. The van der Waals surface area contributed by atoms with E-state index in [0.29, 0.717) is 40.1 Å². The number of nitrogens with one attached hydrogen (secondary N) is 2. The number of thiocarbonyl (C=S) groups is 1. The number of hydrogen-bond donors (Lipinski definition) is 2. The summed E-state index contributed by atoms with van der Waals surface area (Å²) in [4.78, 5) is 29.1. The van der Waals surface area contributed by atoms with E-state index in [0.717, 1.165) is 24.2 Å². The first-order valence-corrected chi connectivity index (χ1v) is 11.6. The number of halogens is 2. The molecule has 1 fully saturated rings. The Labute approximate surface area is 209 Å². The number of hydrogen-bond acceptors (Lipinski definition) is 5. The highest BCUT2D eigenvalue weighted by atomic mass is 35.5. The molecule has 10 heteroatoms. The van der Waals surface area contributed by atoms with Crippen molar-refractivity contribution in [2.45, 2.75) is 13.8 Å². The molecule has 7 nitrogen and oxygen atoms in total. The third-order valence-corrected chi connectivity index (χ3v) is 6.41. The van der Waals surface area contributed by atoms with Crippen LogP contribution >= 0.6 is 35.4 Å². The Morgan fingerprint density at radius 3 is 2.33 bits per heavy atom. The quantitative estimate of drug-likeness (QED) is 0.596. The number of amides is 2. The maximum absolute atomic E-state index is 12.8. The number of carbonyl (C=O) groups excluding carboxylic acids is 2. The molecule has 176 valence electrons. The molecule has 0 atom stereocenters. The molecular formula is C23H26Cl2N4O3S. The second-order valence-corrected chi connectivity index (χ2v) is 9.15. The zero-order valence-electron chi connectivity index (χ0n) is 18.7. The number of aryl methyl sites for hydroxylation is 2. The molecule has 0 spiro atoms. The summed E-state index contributed by atoms with van der Waals surface area (Å²) in [6, 6.07) is 8.48. The summed E-state index contributed by atoms with van der Waals surface area (Å²) >= 11 is 17.7. The number of likely N-dealkylation sites (N-methyl/N-ethyl adjacent to an activating group) is 1. The van der Waals surface area contributed by atoms with Gasteiger partial charge in [0.2, 0.25) is 0 Å². The van der Waals surface area contributed by atoms with E-state index in [1.165, 1.54) is 0 Å². The van der Waals surface area contributed by atoms with Crippen LogP contribution in [0.2, 0.25) is 10.0 Å². The van der Waals surface area contributed by atoms with E-state index in [-0.39, 0.29) is 17.6 Å². The second kappa shape index (κ2) is 11.2. The Hall–Kier alpha value is -2.39. The first kappa shape index (κ1) is 25.2. The van der Waals surface area contributed by atoms with Crippen molar-refractivity contribution in [3.63, 3.8) is 0 Å². The summed E-state index contributed by atoms with van der Waals surface area (Å²) in [6.45, 7) is 6.51. The van der Waals surface area contributed by atoms with Crippen LogP contribution in [0.4, 0.5) is 5.69 Å². The summed E-state index contributed by atoms with van der Waals surface area (Å²) in [5, 5.41) is 6.54. The zero-order chi connectivity index (χ0) is 24.1. The molecule has 2 amide bonds. The molecule has 33 heavy (non-hydrogen) atoms. The Balaban J connectivity index is 1.56. The molecule has 2 aromatic carbocycles. The van der Waals surface area contributed by atoms with Gasteiger partial charge in [0.05, 0.1) is 10.7 Å². The molecule has 1 aliphatic rings. The topological polar surface area (TPSA) is 73.9 Å². The maximum atomic E-state index is 12.8. The van der Waals surface area contributed by atoms with Gasteiger partial charge in [-0.15, -0.1) is 0 Å². The second-order valence-electron chi connectivity index (χ2n) is 7.95. The van der Waals surface area contributed by atoms with Gasteiger partial charge in [-0.25, -0.2) is 0 Å². The number of anilines is 1. The van der Waals surface area contributed by atoms with Gasteiger partial charge in [-0.2, -0.15) is 0 Å². The van der Waals surface area contributed by atoms with E-state index in [2.05, 4.69) is 15.5 Å². The van der Waals surface area contributed by atoms with Crippen molar-refractivity contribution >= 4 is 58.0 Å². The lowest BCUT2D eigenvalue weighted by Gasteiger charge is -2.32. The smallest absolute Gasteiger partial charge is 0.264 e. The third kappa shape index (κ3) is 6.80. The SMILES string of the molecule is Cc1cc(OCC(=O)NC(=S)Nc2cc(C(=O)N3CCN(C)CC3)ccc2Cl)cc(C)c1Cl. The molecule has 1 saturated heterocycles. The van der Waals surface area contributed by atoms with Gasteiger partial charge in [-0.1, -0.05) is 23.2 Å². The van der Waals surface area contributed by atoms with Crippen molar-refractivity contribution in [1.29, 1.82) is 0 Å². The first-order valence-electron chi connectivity index (χ1n) is 10.4. The molecule has 0 bridgehead atoms. The fourth-order valence-electron chi connectivity index (χ4n) is 3.40. The molecule has 3 rings (SSSR count). The molecule has 1 aliphatic heterocycles. The lowest BCUT2D eigenvalue weighted by molar-refractivity contribution is -0.121. The average Bonchev–Trinajstić information content (AvgIpc) is 2.77. The Bertz CT molecular complexity index is 1050. The van der Waals surface area contributed by atoms with Gasteiger partial charge in [0, 0.05) is 36.8 Å². The fraction of sp³-hybridized carbons (Fsp3) is 0.348. The Morgan fingerprint density at radius 2 is 1.70 bits per heavy atom. The van der Waals surface area contributed by atoms with Crippen LogP contribution in [0.15, 0.2) is 30.3 Å². The zero-order valence-corrected chi connectivity index (χ0v) is 21.0. The lowest BCUT2D eigenvalue weighted by Crippen LogP contribution is -2.47. The van der Waals surface area contributed by atoms with Crippen LogP contribution in [-0.2, 0) is 4.79 Å². The number of piperazine rings is 1. The first-order chi connectivity index (χ1) is 15.6. The van der Waals surface area contributed by atoms with E-state index in [4.69, 9.17) is 40.2 Å². The van der Waals surface area contributed by atoms with Gasteiger partial charge in [-0.05, 0) is 74.6 Å². The van der Waals surface area contributed by atoms with E-state index in [9.17, 15) is 9.59 Å². The number of nitrogens with zero attached hydrogens (tertiary/aromatic N) is 2. The highest BCUT2D eigenvalue weighted by molar-refractivity contribution is 7.80. The van der Waals surface area contributed by atoms with Crippen LogP contribution < -0.4 is 15.4 Å². The Morgan fingerprint density at radius 1 is 1.06 bits per heavy atom. The van der Waals surface area contributed by atoms with Gasteiger partial charge in [0.1, 0.15) is 5.75 Å². The maximum Gasteiger partial charge on any atom is 0.264 e. The summed E-state index contributed by atoms with van der Waals surface area (Å²) in [6.07, 6.45) is 0. The summed E-state index contributed by atoms with van der Waals surface area (Å²) in [5.41, 5.74) is 2.67. The predicted octanol–water partition coefficient (Wildman–Crippen LogP) is 3.89. The number of ether oxygens (including phenoxy) is 1. The van der Waals surface area contributed by atoms with E-state index in [1.54, 1.807) is 30.3 Å². The van der Waals surface area contributed by atoms with E-state index >= 15 is 0 Å². The normalized spacial score (nSPS) is 14.0. The van der Waals surface area contributed by atoms with Gasteiger partial charge >= 0.3 is 0 Å². The van der Waals surface area contributed by atoms with Crippen molar-refractivity contribution < 1.29 is 14.3 Å². The van der Waals surface area contributed by atoms with Gasteiger partial charge < -0.3 is 19.9 Å². The largest absolute Gasteiger partial charge is 0.484 e. The molecule has 0 unspecified atom stereocenters. The van der Waals surface area contributed by atoms with Crippen molar-refractivity contribution in [3.05, 3.63) is 57.1 Å². The number of benzene rings is 2. The minimum atomic E-state index is -0.432. The summed E-state index contributed by atoms with van der Waals surface area (Å²) in [5.74, 6) is 0.0415. The molecule has 0 saturated carbocycles. The summed E-state index contributed by atoms with van der Waals surface area (Å²) in [7, 11) is 2.03. The van der Waals surface area contributed by atoms with Crippen LogP contribution in [0.3, 0.4) is 0 Å². The van der Waals surface area contributed by atoms with Gasteiger partial charge in [-0.3, -0.25) is 14.9 Å². The number of carbonyl (C=O) groups is 2. The highest BCUT2D eigenvalue weighted by Gasteiger charge is 2.21. The van der Waals surface area contributed by atoms with Gasteiger partial charge in [0.15, 0.2) is 11.7 Å². The van der Waals surface area contributed by atoms with Crippen molar-refractivity contribution in [2.75, 3.05) is 45.2 Å². The molecule has 0 aromatic heterocycles. The van der Waals surface area contributed by atoms with Crippen molar-refractivity contribution in [1.82, 2.24) is 15.1 Å². The minimum absolute atomic E-state index is 0.0539. The Kier molecular flexibility index (Phi) is 8.53. The van der Waals surface area contributed by atoms with Crippen molar-refractivity contribution in [3.8, 4) is 5.75 Å². The van der Waals surface area contributed by atoms with Crippen LogP contribution in [0.25, 0.3) is 0 Å². The molecular weight excluding hydrogens is 483 g/mol. The van der Waals surface area contributed by atoms with Gasteiger partial charge in [0.25, 0.3) is 11.8 Å². The molecule has 2 aromatic rings. The van der Waals surface area contributed by atoms with E-state index < -0.39 is 5.91 Å². The third-order valence-electron chi connectivity index (χ3n) is 5.28. The average molecular weight is 509 g/mol. The standard InChI is InChI=1S/C23H26Cl2N4O3S/c1-14-10-17(11-15(2)21(14)25)32-13-20(30)27-23(33)26-19-12-16(4-5-18(19)24)22(31)29-8-6-28(3)7-9-29/h4-5,10-12H,6-9,13H2,1-3H3,(H2,26,27,30,33). The van der Waals surface area contributed by atoms with Crippen LogP contribution in [0.5, 0.6) is 5.75 Å². The minimum Gasteiger partial charge on any atom is -0.484 e. The van der Waals surface area contributed by atoms with E-state index in [1.807, 2.05) is 25.8 Å². The predicted molar refractivity (Wildman–Crippen MR) is 136 cm³/mol. The van der Waals surface area contributed by atoms with Crippen LogP contribution in [0, 0.1) is 13.8 Å². The van der Waals surface area contributed by atoms with Crippen LogP contribution in [0.1, 0.15) is 21.5 Å². The fourth-order valence-corrected chi connectivity index (χ4v) is 3.90. The molecule has 0 radical (unpaired) electrons. The molecule has 0 aliphatic carbocycles. The molecule has 1 heterocycles. The van der Waals surface area contributed by atoms with Crippen molar-refractivity contribution in [2.24, 2.45) is 0 Å². The summed E-state index contributed by atoms with van der Waals surface area (Å²) < 4.78 is 5.55.